The Kier molecular flexibility index (Phi) is 5.49. The molecule has 1 aromatic carbocycles. The van der Waals surface area contributed by atoms with Crippen molar-refractivity contribution in [2.24, 2.45) is 5.92 Å². The van der Waals surface area contributed by atoms with Gasteiger partial charge in [-0.1, -0.05) is 24.6 Å². The highest BCUT2D eigenvalue weighted by Gasteiger charge is 2.23. The maximum atomic E-state index is 6.41. The molecule has 0 aliphatic carbocycles. The summed E-state index contributed by atoms with van der Waals surface area (Å²) in [5, 5.41) is 4.17. The zero-order valence-corrected chi connectivity index (χ0v) is 12.5. The van der Waals surface area contributed by atoms with E-state index in [1.165, 1.54) is 12.0 Å². The zero-order valence-electron chi connectivity index (χ0n) is 11.8. The second-order valence-corrected chi connectivity index (χ2v) is 5.53. The van der Waals surface area contributed by atoms with Crippen LogP contribution in [0, 0.1) is 5.92 Å². The van der Waals surface area contributed by atoms with Crippen molar-refractivity contribution < 1.29 is 4.74 Å². The van der Waals surface area contributed by atoms with E-state index in [4.69, 9.17) is 16.3 Å². The molecular weight excluding hydrogens is 260 g/mol. The minimum atomic E-state index is 0.627. The van der Waals surface area contributed by atoms with Crippen LogP contribution in [0.4, 0.5) is 5.69 Å². The van der Waals surface area contributed by atoms with Crippen LogP contribution in [0.2, 0.25) is 5.02 Å². The van der Waals surface area contributed by atoms with Crippen LogP contribution in [-0.4, -0.2) is 33.4 Å². The van der Waals surface area contributed by atoms with Crippen molar-refractivity contribution in [1.82, 2.24) is 5.32 Å². The van der Waals surface area contributed by atoms with Crippen LogP contribution in [0.3, 0.4) is 0 Å². The Balaban J connectivity index is 2.01. The van der Waals surface area contributed by atoms with E-state index in [1.54, 1.807) is 7.11 Å². The first-order valence-corrected chi connectivity index (χ1v) is 7.35. The monoisotopic (exact) mass is 282 g/mol. The van der Waals surface area contributed by atoms with Gasteiger partial charge in [0.2, 0.25) is 0 Å². The first-order chi connectivity index (χ1) is 9.24. The normalized spacial score (nSPS) is 19.1. The van der Waals surface area contributed by atoms with Crippen LogP contribution in [-0.2, 0) is 11.3 Å². The Labute approximate surface area is 120 Å². The van der Waals surface area contributed by atoms with E-state index in [0.717, 1.165) is 43.5 Å². The van der Waals surface area contributed by atoms with Crippen molar-refractivity contribution >= 4 is 17.3 Å². The Morgan fingerprint density at radius 1 is 1.47 bits per heavy atom. The summed E-state index contributed by atoms with van der Waals surface area (Å²) in [6.07, 6.45) is 1.18. The second kappa shape index (κ2) is 7.13. The van der Waals surface area contributed by atoms with Gasteiger partial charge in [0, 0.05) is 32.7 Å². The van der Waals surface area contributed by atoms with Crippen molar-refractivity contribution in [3.8, 4) is 0 Å². The molecule has 1 heterocycles. The summed E-state index contributed by atoms with van der Waals surface area (Å²) in [6, 6.07) is 6.38. The van der Waals surface area contributed by atoms with Crippen molar-refractivity contribution in [2.45, 2.75) is 19.9 Å². The van der Waals surface area contributed by atoms with E-state index in [0.29, 0.717) is 5.92 Å². The van der Waals surface area contributed by atoms with Crippen LogP contribution in [0.25, 0.3) is 0 Å². The van der Waals surface area contributed by atoms with Crippen LogP contribution in [0.1, 0.15) is 18.9 Å². The van der Waals surface area contributed by atoms with Gasteiger partial charge in [-0.15, -0.1) is 0 Å². The molecule has 0 bridgehead atoms. The largest absolute Gasteiger partial charge is 0.384 e. The summed E-state index contributed by atoms with van der Waals surface area (Å²) in [5.41, 5.74) is 2.39. The smallest absolute Gasteiger partial charge is 0.0642 e. The molecule has 0 spiro atoms. The summed E-state index contributed by atoms with van der Waals surface area (Å²) in [4.78, 5) is 2.36. The van der Waals surface area contributed by atoms with Gasteiger partial charge < -0.3 is 15.0 Å². The number of hydrogen-bond donors (Lipinski definition) is 1. The molecule has 0 amide bonds. The second-order valence-electron chi connectivity index (χ2n) is 5.12. The van der Waals surface area contributed by atoms with E-state index in [9.17, 15) is 0 Å². The fourth-order valence-electron chi connectivity index (χ4n) is 2.61. The standard InChI is InChI=1S/C15H23ClN2O/c1-3-17-9-12-4-5-15(14(16)8-12)18-7-6-13(10-18)11-19-2/h4-5,8,13,17H,3,6-7,9-11H2,1-2H3. The average Bonchev–Trinajstić information content (AvgIpc) is 2.85. The van der Waals surface area contributed by atoms with Gasteiger partial charge in [0.25, 0.3) is 0 Å². The number of benzene rings is 1. The maximum absolute atomic E-state index is 6.41. The van der Waals surface area contributed by atoms with Crippen LogP contribution < -0.4 is 10.2 Å². The van der Waals surface area contributed by atoms with Crippen molar-refractivity contribution in [3.63, 3.8) is 0 Å². The number of methoxy groups -OCH3 is 1. The van der Waals surface area contributed by atoms with E-state index in [-0.39, 0.29) is 0 Å². The third-order valence-electron chi connectivity index (χ3n) is 3.62. The Morgan fingerprint density at radius 3 is 3.00 bits per heavy atom. The van der Waals surface area contributed by atoms with Gasteiger partial charge in [-0.3, -0.25) is 0 Å². The number of anilines is 1. The third-order valence-corrected chi connectivity index (χ3v) is 3.92. The third kappa shape index (κ3) is 3.85. The summed E-state index contributed by atoms with van der Waals surface area (Å²) < 4.78 is 5.24. The highest BCUT2D eigenvalue weighted by molar-refractivity contribution is 6.33. The number of nitrogens with one attached hydrogen (secondary N) is 1. The average molecular weight is 283 g/mol. The summed E-state index contributed by atoms with van der Waals surface area (Å²) in [7, 11) is 1.77. The number of ether oxygens (including phenoxy) is 1. The highest BCUT2D eigenvalue weighted by Crippen LogP contribution is 2.31. The molecule has 1 aliphatic rings. The molecule has 0 aromatic heterocycles. The number of nitrogens with zero attached hydrogens (tertiary/aromatic N) is 1. The molecule has 0 saturated carbocycles. The minimum absolute atomic E-state index is 0.627. The molecule has 106 valence electrons. The quantitative estimate of drug-likeness (QED) is 0.868. The molecule has 1 unspecified atom stereocenters. The topological polar surface area (TPSA) is 24.5 Å². The number of hydrogen-bond acceptors (Lipinski definition) is 3. The van der Waals surface area contributed by atoms with Gasteiger partial charge in [0.15, 0.2) is 0 Å². The van der Waals surface area contributed by atoms with Gasteiger partial charge in [-0.2, -0.15) is 0 Å². The fraction of sp³-hybridized carbons (Fsp3) is 0.600. The molecule has 1 saturated heterocycles. The van der Waals surface area contributed by atoms with Gasteiger partial charge in [-0.05, 0) is 30.7 Å². The predicted octanol–water partition coefficient (Wildman–Crippen LogP) is 2.92. The van der Waals surface area contributed by atoms with Gasteiger partial charge >= 0.3 is 0 Å². The lowest BCUT2D eigenvalue weighted by Crippen LogP contribution is -2.21. The van der Waals surface area contributed by atoms with Crippen molar-refractivity contribution in [2.75, 3.05) is 38.3 Å². The molecule has 0 radical (unpaired) electrons. The SMILES string of the molecule is CCNCc1ccc(N2CCC(COC)C2)c(Cl)c1. The Bertz CT molecular complexity index is 411. The minimum Gasteiger partial charge on any atom is -0.384 e. The lowest BCUT2D eigenvalue weighted by Gasteiger charge is -2.20. The summed E-state index contributed by atoms with van der Waals surface area (Å²) in [5.74, 6) is 0.627. The van der Waals surface area contributed by atoms with Gasteiger partial charge in [0.05, 0.1) is 17.3 Å². The molecule has 3 nitrogen and oxygen atoms in total. The first kappa shape index (κ1) is 14.6. The van der Waals surface area contributed by atoms with Gasteiger partial charge in [0.1, 0.15) is 0 Å². The van der Waals surface area contributed by atoms with Crippen LogP contribution in [0.15, 0.2) is 18.2 Å². The van der Waals surface area contributed by atoms with E-state index in [1.807, 2.05) is 0 Å². The first-order valence-electron chi connectivity index (χ1n) is 6.97. The molecule has 1 aromatic rings. The molecule has 1 fully saturated rings. The fourth-order valence-corrected chi connectivity index (χ4v) is 2.93. The maximum Gasteiger partial charge on any atom is 0.0642 e. The highest BCUT2D eigenvalue weighted by atomic mass is 35.5. The summed E-state index contributed by atoms with van der Waals surface area (Å²) in [6.45, 7) is 6.91. The number of rotatable bonds is 6. The molecule has 4 heteroatoms. The Hall–Kier alpha value is -0.770. The van der Waals surface area contributed by atoms with Gasteiger partial charge in [-0.25, -0.2) is 0 Å². The summed E-state index contributed by atoms with van der Waals surface area (Å²) >= 11 is 6.41. The Morgan fingerprint density at radius 2 is 2.32 bits per heavy atom. The lowest BCUT2D eigenvalue weighted by atomic mass is 10.1. The van der Waals surface area contributed by atoms with E-state index < -0.39 is 0 Å². The van der Waals surface area contributed by atoms with Crippen molar-refractivity contribution in [1.29, 1.82) is 0 Å². The lowest BCUT2D eigenvalue weighted by molar-refractivity contribution is 0.161. The molecular formula is C15H23ClN2O. The molecule has 1 N–H and O–H groups in total. The predicted molar refractivity (Wildman–Crippen MR) is 81.0 cm³/mol. The zero-order chi connectivity index (χ0) is 13.7. The molecule has 2 rings (SSSR count). The molecule has 1 atom stereocenters. The molecule has 1 aliphatic heterocycles. The number of halogens is 1. The van der Waals surface area contributed by atoms with Crippen molar-refractivity contribution in [3.05, 3.63) is 28.8 Å². The van der Waals surface area contributed by atoms with Crippen LogP contribution >= 0.6 is 11.6 Å². The van der Waals surface area contributed by atoms with E-state index >= 15 is 0 Å². The molecule has 19 heavy (non-hydrogen) atoms. The van der Waals surface area contributed by atoms with Crippen LogP contribution in [0.5, 0.6) is 0 Å². The van der Waals surface area contributed by atoms with E-state index in [2.05, 4.69) is 35.3 Å².